The molecule has 0 aromatic carbocycles. The molecule has 2 unspecified atom stereocenters. The maximum absolute atomic E-state index is 14.2. The van der Waals surface area contributed by atoms with E-state index < -0.39 is 5.67 Å². The molecule has 0 aliphatic carbocycles. The lowest BCUT2D eigenvalue weighted by Crippen LogP contribution is -2.47. The molecule has 0 saturated carbocycles. The van der Waals surface area contributed by atoms with Crippen molar-refractivity contribution in [2.45, 2.75) is 37.9 Å². The summed E-state index contributed by atoms with van der Waals surface area (Å²) in [4.78, 5) is 0. The predicted molar refractivity (Wildman–Crippen MR) is 49.2 cm³/mol. The highest BCUT2D eigenvalue weighted by Crippen LogP contribution is 2.33. The van der Waals surface area contributed by atoms with Crippen LogP contribution in [0.1, 0.15) is 26.2 Å². The first-order valence-electron chi connectivity index (χ1n) is 4.96. The summed E-state index contributed by atoms with van der Waals surface area (Å²) in [7, 11) is 0. The summed E-state index contributed by atoms with van der Waals surface area (Å²) in [6.07, 6.45) is 4.22. The van der Waals surface area contributed by atoms with Crippen molar-refractivity contribution in [1.82, 2.24) is 5.32 Å². The zero-order chi connectivity index (χ0) is 9.31. The van der Waals surface area contributed by atoms with Gasteiger partial charge in [0.2, 0.25) is 0 Å². The van der Waals surface area contributed by atoms with Gasteiger partial charge >= 0.3 is 0 Å². The lowest BCUT2D eigenvalue weighted by molar-refractivity contribution is 0.0700. The Bertz CT molecular complexity index is 219. The minimum atomic E-state index is -1.23. The molecule has 0 bridgehead atoms. The summed E-state index contributed by atoms with van der Waals surface area (Å²) in [6.45, 7) is 3.14. The summed E-state index contributed by atoms with van der Waals surface area (Å²) >= 11 is 0. The van der Waals surface area contributed by atoms with Gasteiger partial charge in [-0.2, -0.15) is 0 Å². The van der Waals surface area contributed by atoms with E-state index in [2.05, 4.69) is 12.2 Å². The molecule has 1 fully saturated rings. The predicted octanol–water partition coefficient (Wildman–Crippen LogP) is 1.77. The SMILES string of the molecule is CC1CCC(F)(C2=CCCO2)CN1. The highest BCUT2D eigenvalue weighted by molar-refractivity contribution is 5.16. The van der Waals surface area contributed by atoms with Crippen molar-refractivity contribution in [3.8, 4) is 0 Å². The summed E-state index contributed by atoms with van der Waals surface area (Å²) < 4.78 is 19.5. The molecule has 0 radical (unpaired) electrons. The van der Waals surface area contributed by atoms with Gasteiger partial charge in [-0.05, 0) is 25.8 Å². The average molecular weight is 185 g/mol. The number of piperidine rings is 1. The third kappa shape index (κ3) is 1.70. The van der Waals surface area contributed by atoms with Crippen molar-refractivity contribution in [2.24, 2.45) is 0 Å². The minimum absolute atomic E-state index is 0.403. The van der Waals surface area contributed by atoms with Gasteiger partial charge in [0.1, 0.15) is 5.76 Å². The van der Waals surface area contributed by atoms with Crippen molar-refractivity contribution >= 4 is 0 Å². The van der Waals surface area contributed by atoms with Gasteiger partial charge in [-0.25, -0.2) is 4.39 Å². The zero-order valence-corrected chi connectivity index (χ0v) is 7.98. The number of hydrogen-bond donors (Lipinski definition) is 1. The first kappa shape index (κ1) is 9.00. The van der Waals surface area contributed by atoms with Crippen LogP contribution in [0.25, 0.3) is 0 Å². The van der Waals surface area contributed by atoms with Gasteiger partial charge in [-0.3, -0.25) is 0 Å². The molecule has 0 aromatic rings. The van der Waals surface area contributed by atoms with Crippen LogP contribution in [0.3, 0.4) is 0 Å². The van der Waals surface area contributed by atoms with Crippen LogP contribution in [0, 0.1) is 0 Å². The minimum Gasteiger partial charge on any atom is -0.494 e. The van der Waals surface area contributed by atoms with Gasteiger partial charge in [0.25, 0.3) is 0 Å². The maximum atomic E-state index is 14.2. The molecular weight excluding hydrogens is 169 g/mol. The molecule has 13 heavy (non-hydrogen) atoms. The second-order valence-electron chi connectivity index (χ2n) is 3.99. The van der Waals surface area contributed by atoms with Gasteiger partial charge in [0.15, 0.2) is 5.67 Å². The number of hydrogen-bond acceptors (Lipinski definition) is 2. The number of rotatable bonds is 1. The summed E-state index contributed by atoms with van der Waals surface area (Å²) in [5, 5.41) is 3.15. The number of halogens is 1. The Kier molecular flexibility index (Phi) is 2.28. The van der Waals surface area contributed by atoms with Crippen LogP contribution in [0.2, 0.25) is 0 Å². The topological polar surface area (TPSA) is 21.3 Å². The second kappa shape index (κ2) is 3.29. The highest BCUT2D eigenvalue weighted by atomic mass is 19.1. The van der Waals surface area contributed by atoms with Crippen LogP contribution in [0.5, 0.6) is 0 Å². The normalized spacial score (nSPS) is 39.8. The highest BCUT2D eigenvalue weighted by Gasteiger charge is 2.40. The van der Waals surface area contributed by atoms with Crippen LogP contribution in [-0.4, -0.2) is 24.9 Å². The fourth-order valence-corrected chi connectivity index (χ4v) is 1.91. The lowest BCUT2D eigenvalue weighted by atomic mass is 9.90. The Morgan fingerprint density at radius 2 is 2.54 bits per heavy atom. The standard InChI is InChI=1S/C10H16FNO/c1-8-4-5-10(11,7-12-8)9-3-2-6-13-9/h3,8,12H,2,4-7H2,1H3. The zero-order valence-electron chi connectivity index (χ0n) is 7.98. The molecular formula is C10H16FNO. The number of nitrogens with one attached hydrogen (secondary N) is 1. The van der Waals surface area contributed by atoms with E-state index in [-0.39, 0.29) is 0 Å². The van der Waals surface area contributed by atoms with Crippen LogP contribution >= 0.6 is 0 Å². The lowest BCUT2D eigenvalue weighted by Gasteiger charge is -2.33. The largest absolute Gasteiger partial charge is 0.494 e. The number of alkyl halides is 1. The smallest absolute Gasteiger partial charge is 0.179 e. The fourth-order valence-electron chi connectivity index (χ4n) is 1.91. The molecule has 2 atom stereocenters. The van der Waals surface area contributed by atoms with Gasteiger partial charge in [-0.15, -0.1) is 0 Å². The Labute approximate surface area is 78.2 Å². The van der Waals surface area contributed by atoms with E-state index in [0.29, 0.717) is 31.4 Å². The molecule has 2 heterocycles. The van der Waals surface area contributed by atoms with E-state index in [1.807, 2.05) is 6.08 Å². The quantitative estimate of drug-likeness (QED) is 0.672. The maximum Gasteiger partial charge on any atom is 0.179 e. The van der Waals surface area contributed by atoms with Gasteiger partial charge in [0.05, 0.1) is 6.61 Å². The average Bonchev–Trinajstić information content (AvgIpc) is 2.63. The summed E-state index contributed by atoms with van der Waals surface area (Å²) in [5.41, 5.74) is -1.23. The van der Waals surface area contributed by atoms with Crippen molar-refractivity contribution in [3.05, 3.63) is 11.8 Å². The van der Waals surface area contributed by atoms with Crippen molar-refractivity contribution in [2.75, 3.05) is 13.2 Å². The molecule has 0 spiro atoms. The van der Waals surface area contributed by atoms with Crippen LogP contribution in [0.15, 0.2) is 11.8 Å². The monoisotopic (exact) mass is 185 g/mol. The first-order valence-corrected chi connectivity index (χ1v) is 4.96. The van der Waals surface area contributed by atoms with E-state index in [4.69, 9.17) is 4.74 Å². The van der Waals surface area contributed by atoms with Crippen molar-refractivity contribution in [1.29, 1.82) is 0 Å². The van der Waals surface area contributed by atoms with Crippen LogP contribution in [-0.2, 0) is 4.74 Å². The van der Waals surface area contributed by atoms with Crippen LogP contribution in [0.4, 0.5) is 4.39 Å². The Hall–Kier alpha value is -0.570. The van der Waals surface area contributed by atoms with E-state index >= 15 is 0 Å². The molecule has 3 heteroatoms. The molecule has 2 rings (SSSR count). The van der Waals surface area contributed by atoms with Gasteiger partial charge in [0, 0.05) is 19.0 Å². The Morgan fingerprint density at radius 3 is 3.08 bits per heavy atom. The first-order chi connectivity index (χ1) is 6.21. The second-order valence-corrected chi connectivity index (χ2v) is 3.99. The molecule has 0 aromatic heterocycles. The van der Waals surface area contributed by atoms with Crippen LogP contribution < -0.4 is 5.32 Å². The molecule has 2 aliphatic heterocycles. The third-order valence-corrected chi connectivity index (χ3v) is 2.85. The summed E-state index contributed by atoms with van der Waals surface area (Å²) in [6, 6.07) is 0.436. The number of ether oxygens (including phenoxy) is 1. The van der Waals surface area contributed by atoms with E-state index in [1.165, 1.54) is 0 Å². The Morgan fingerprint density at radius 1 is 1.69 bits per heavy atom. The molecule has 2 nitrogen and oxygen atoms in total. The Balaban J connectivity index is 2.03. The van der Waals surface area contributed by atoms with Crippen molar-refractivity contribution in [3.63, 3.8) is 0 Å². The van der Waals surface area contributed by atoms with Gasteiger partial charge < -0.3 is 10.1 Å². The molecule has 2 aliphatic rings. The molecule has 1 saturated heterocycles. The third-order valence-electron chi connectivity index (χ3n) is 2.85. The summed E-state index contributed by atoms with van der Waals surface area (Å²) in [5.74, 6) is 0.562. The molecule has 74 valence electrons. The molecule has 0 amide bonds. The van der Waals surface area contributed by atoms with Gasteiger partial charge in [-0.1, -0.05) is 0 Å². The van der Waals surface area contributed by atoms with Crippen molar-refractivity contribution < 1.29 is 9.13 Å². The van der Waals surface area contributed by atoms with E-state index in [0.717, 1.165) is 12.8 Å². The molecule has 1 N–H and O–H groups in total. The van der Waals surface area contributed by atoms with E-state index in [9.17, 15) is 4.39 Å². The van der Waals surface area contributed by atoms with E-state index in [1.54, 1.807) is 0 Å². The fraction of sp³-hybridized carbons (Fsp3) is 0.800.